The minimum Gasteiger partial charge on any atom is -0.494 e. The van der Waals surface area contributed by atoms with Crippen molar-refractivity contribution >= 4 is 11.6 Å². The van der Waals surface area contributed by atoms with Gasteiger partial charge in [0, 0.05) is 16.7 Å². The molecule has 0 unspecified atom stereocenters. The second-order valence-electron chi connectivity index (χ2n) is 4.11. The largest absolute Gasteiger partial charge is 0.494 e. The topological polar surface area (TPSA) is 42.2 Å². The lowest BCUT2D eigenvalue weighted by molar-refractivity contribution is 0.299. The Labute approximate surface area is 123 Å². The van der Waals surface area contributed by atoms with Crippen molar-refractivity contribution < 1.29 is 9.47 Å². The van der Waals surface area contributed by atoms with Crippen molar-refractivity contribution in [3.05, 3.63) is 58.6 Å². The maximum Gasteiger partial charge on any atom is 0.123 e. The van der Waals surface area contributed by atoms with E-state index < -0.39 is 0 Å². The molecule has 0 aliphatic rings. The molecular weight excluding hydrogens is 274 g/mol. The Morgan fingerprint density at radius 2 is 1.85 bits per heavy atom. The van der Waals surface area contributed by atoms with Crippen LogP contribution >= 0.6 is 11.6 Å². The predicted octanol–water partition coefficient (Wildman–Crippen LogP) is 4.19. The van der Waals surface area contributed by atoms with Gasteiger partial charge in [0.2, 0.25) is 0 Å². The number of ether oxygens (including phenoxy) is 2. The van der Waals surface area contributed by atoms with Gasteiger partial charge in [-0.3, -0.25) is 0 Å². The van der Waals surface area contributed by atoms with Crippen LogP contribution in [0.15, 0.2) is 42.5 Å². The van der Waals surface area contributed by atoms with E-state index in [4.69, 9.17) is 26.3 Å². The third-order valence-electron chi connectivity index (χ3n) is 2.69. The Kier molecular flexibility index (Phi) is 4.86. The Balaban J connectivity index is 2.05. The van der Waals surface area contributed by atoms with Crippen molar-refractivity contribution in [1.29, 1.82) is 5.26 Å². The molecule has 0 fully saturated rings. The van der Waals surface area contributed by atoms with Crippen LogP contribution in [-0.2, 0) is 6.61 Å². The van der Waals surface area contributed by atoms with Gasteiger partial charge in [0.1, 0.15) is 18.1 Å². The summed E-state index contributed by atoms with van der Waals surface area (Å²) in [6.07, 6.45) is 0. The van der Waals surface area contributed by atoms with E-state index in [0.29, 0.717) is 23.8 Å². The molecule has 0 bridgehead atoms. The number of benzene rings is 2. The highest BCUT2D eigenvalue weighted by atomic mass is 35.5. The van der Waals surface area contributed by atoms with Crippen molar-refractivity contribution in [2.75, 3.05) is 6.61 Å². The van der Waals surface area contributed by atoms with Crippen LogP contribution in [0.1, 0.15) is 18.1 Å². The molecule has 3 nitrogen and oxygen atoms in total. The summed E-state index contributed by atoms with van der Waals surface area (Å²) in [5.41, 5.74) is 1.38. The zero-order valence-corrected chi connectivity index (χ0v) is 11.9. The zero-order valence-electron chi connectivity index (χ0n) is 11.1. The number of rotatable bonds is 5. The monoisotopic (exact) mass is 287 g/mol. The second kappa shape index (κ2) is 6.83. The smallest absolute Gasteiger partial charge is 0.123 e. The molecular formula is C16H14ClNO2. The molecule has 0 amide bonds. The van der Waals surface area contributed by atoms with Gasteiger partial charge in [0.05, 0.1) is 18.2 Å². The molecule has 0 saturated heterocycles. The summed E-state index contributed by atoms with van der Waals surface area (Å²) >= 11 is 6.10. The Morgan fingerprint density at radius 3 is 2.50 bits per heavy atom. The molecule has 0 radical (unpaired) electrons. The number of nitriles is 1. The van der Waals surface area contributed by atoms with Crippen LogP contribution in [-0.4, -0.2) is 6.61 Å². The molecule has 0 heterocycles. The summed E-state index contributed by atoms with van der Waals surface area (Å²) in [6.45, 7) is 2.90. The minimum absolute atomic E-state index is 0.347. The molecule has 0 aliphatic carbocycles. The fourth-order valence-electron chi connectivity index (χ4n) is 1.72. The molecule has 0 aromatic heterocycles. The van der Waals surface area contributed by atoms with E-state index in [2.05, 4.69) is 0 Å². The lowest BCUT2D eigenvalue weighted by Crippen LogP contribution is -1.97. The third-order valence-corrected chi connectivity index (χ3v) is 3.04. The van der Waals surface area contributed by atoms with E-state index in [9.17, 15) is 0 Å². The fourth-order valence-corrected chi connectivity index (χ4v) is 1.95. The Hall–Kier alpha value is -2.18. The van der Waals surface area contributed by atoms with E-state index in [1.54, 1.807) is 18.2 Å². The molecule has 0 aliphatic heterocycles. The van der Waals surface area contributed by atoms with Gasteiger partial charge in [0.15, 0.2) is 0 Å². The van der Waals surface area contributed by atoms with Gasteiger partial charge in [-0.05, 0) is 31.2 Å². The third kappa shape index (κ3) is 3.66. The first-order chi connectivity index (χ1) is 9.72. The SMILES string of the molecule is CCOc1cccc(OCc2ccc(C#N)cc2Cl)c1. The van der Waals surface area contributed by atoms with Crippen LogP contribution < -0.4 is 9.47 Å². The predicted molar refractivity (Wildman–Crippen MR) is 78.1 cm³/mol. The van der Waals surface area contributed by atoms with Crippen LogP contribution in [0.4, 0.5) is 0 Å². The Morgan fingerprint density at radius 1 is 1.10 bits per heavy atom. The maximum absolute atomic E-state index is 8.79. The first kappa shape index (κ1) is 14.2. The normalized spacial score (nSPS) is 9.85. The molecule has 20 heavy (non-hydrogen) atoms. The molecule has 102 valence electrons. The van der Waals surface area contributed by atoms with Crippen LogP contribution in [0.5, 0.6) is 11.5 Å². The summed E-state index contributed by atoms with van der Waals surface area (Å²) in [4.78, 5) is 0. The molecule has 0 N–H and O–H groups in total. The van der Waals surface area contributed by atoms with Gasteiger partial charge in [-0.2, -0.15) is 5.26 Å². The molecule has 2 rings (SSSR count). The van der Waals surface area contributed by atoms with Gasteiger partial charge in [-0.25, -0.2) is 0 Å². The van der Waals surface area contributed by atoms with Crippen molar-refractivity contribution in [2.45, 2.75) is 13.5 Å². The highest BCUT2D eigenvalue weighted by Crippen LogP contribution is 2.23. The number of nitrogens with zero attached hydrogens (tertiary/aromatic N) is 1. The number of hydrogen-bond acceptors (Lipinski definition) is 3. The average molecular weight is 288 g/mol. The van der Waals surface area contributed by atoms with E-state index in [1.165, 1.54) is 0 Å². The number of hydrogen-bond donors (Lipinski definition) is 0. The standard InChI is InChI=1S/C16H14ClNO2/c1-2-19-14-4-3-5-15(9-14)20-11-13-7-6-12(10-18)8-16(13)17/h3-9H,2,11H2,1H3. The van der Waals surface area contributed by atoms with Gasteiger partial charge in [-0.15, -0.1) is 0 Å². The van der Waals surface area contributed by atoms with Gasteiger partial charge in [-0.1, -0.05) is 23.7 Å². The van der Waals surface area contributed by atoms with Crippen molar-refractivity contribution in [1.82, 2.24) is 0 Å². The minimum atomic E-state index is 0.347. The van der Waals surface area contributed by atoms with Crippen molar-refractivity contribution in [2.24, 2.45) is 0 Å². The molecule has 0 saturated carbocycles. The van der Waals surface area contributed by atoms with E-state index in [0.717, 1.165) is 17.1 Å². The lowest BCUT2D eigenvalue weighted by atomic mass is 10.1. The van der Waals surface area contributed by atoms with Crippen LogP contribution in [0.2, 0.25) is 5.02 Å². The first-order valence-corrected chi connectivity index (χ1v) is 6.65. The first-order valence-electron chi connectivity index (χ1n) is 6.27. The lowest BCUT2D eigenvalue weighted by Gasteiger charge is -2.09. The summed E-state index contributed by atoms with van der Waals surface area (Å²) in [5.74, 6) is 1.49. The molecule has 4 heteroatoms. The average Bonchev–Trinajstić information content (AvgIpc) is 2.46. The van der Waals surface area contributed by atoms with E-state index >= 15 is 0 Å². The highest BCUT2D eigenvalue weighted by molar-refractivity contribution is 6.31. The molecule has 2 aromatic carbocycles. The number of halogens is 1. The van der Waals surface area contributed by atoms with Crippen LogP contribution in [0.3, 0.4) is 0 Å². The summed E-state index contributed by atoms with van der Waals surface area (Å²) in [5, 5.41) is 9.32. The molecule has 0 spiro atoms. The van der Waals surface area contributed by atoms with Crippen LogP contribution in [0, 0.1) is 11.3 Å². The molecule has 0 atom stereocenters. The van der Waals surface area contributed by atoms with Crippen molar-refractivity contribution in [3.8, 4) is 17.6 Å². The van der Waals surface area contributed by atoms with Gasteiger partial charge < -0.3 is 9.47 Å². The summed E-state index contributed by atoms with van der Waals surface area (Å²) in [7, 11) is 0. The van der Waals surface area contributed by atoms with Gasteiger partial charge in [0.25, 0.3) is 0 Å². The maximum atomic E-state index is 8.79. The quantitative estimate of drug-likeness (QED) is 0.828. The highest BCUT2D eigenvalue weighted by Gasteiger charge is 2.04. The Bertz CT molecular complexity index is 635. The van der Waals surface area contributed by atoms with Crippen LogP contribution in [0.25, 0.3) is 0 Å². The van der Waals surface area contributed by atoms with E-state index in [-0.39, 0.29) is 0 Å². The second-order valence-corrected chi connectivity index (χ2v) is 4.52. The summed E-state index contributed by atoms with van der Waals surface area (Å²) in [6, 6.07) is 14.7. The van der Waals surface area contributed by atoms with E-state index in [1.807, 2.05) is 37.3 Å². The molecule has 2 aromatic rings. The fraction of sp³-hybridized carbons (Fsp3) is 0.188. The summed E-state index contributed by atoms with van der Waals surface area (Å²) < 4.78 is 11.1. The van der Waals surface area contributed by atoms with Gasteiger partial charge >= 0.3 is 0 Å². The van der Waals surface area contributed by atoms with Crippen molar-refractivity contribution in [3.63, 3.8) is 0 Å². The zero-order chi connectivity index (χ0) is 14.4.